The summed E-state index contributed by atoms with van der Waals surface area (Å²) < 4.78 is 0. The van der Waals surface area contributed by atoms with E-state index in [-0.39, 0.29) is 11.8 Å². The van der Waals surface area contributed by atoms with Crippen molar-refractivity contribution in [2.75, 3.05) is 13.6 Å². The molecular weight excluding hydrogens is 200 g/mol. The van der Waals surface area contributed by atoms with E-state index in [0.717, 1.165) is 0 Å². The van der Waals surface area contributed by atoms with E-state index in [1.54, 1.807) is 7.05 Å². The Morgan fingerprint density at radius 1 is 1.38 bits per heavy atom. The Morgan fingerprint density at radius 2 is 1.94 bits per heavy atom. The summed E-state index contributed by atoms with van der Waals surface area (Å²) in [6, 6.07) is 6.17. The van der Waals surface area contributed by atoms with E-state index in [0.29, 0.717) is 13.0 Å². The van der Waals surface area contributed by atoms with Crippen LogP contribution in [0, 0.1) is 19.8 Å². The molecule has 3 nitrogen and oxygen atoms in total. The second kappa shape index (κ2) is 5.66. The highest BCUT2D eigenvalue weighted by atomic mass is 16.1. The number of amides is 1. The Hall–Kier alpha value is -1.35. The molecule has 1 aromatic carbocycles. The molecule has 1 unspecified atom stereocenters. The minimum absolute atomic E-state index is 0.0187. The number of hydrogen-bond donors (Lipinski definition) is 2. The maximum atomic E-state index is 11.6. The van der Waals surface area contributed by atoms with Gasteiger partial charge in [-0.15, -0.1) is 0 Å². The van der Waals surface area contributed by atoms with Crippen LogP contribution < -0.4 is 11.1 Å². The summed E-state index contributed by atoms with van der Waals surface area (Å²) >= 11 is 0. The van der Waals surface area contributed by atoms with Gasteiger partial charge in [-0.2, -0.15) is 0 Å². The van der Waals surface area contributed by atoms with Crippen LogP contribution in [-0.2, 0) is 11.2 Å². The zero-order valence-corrected chi connectivity index (χ0v) is 10.2. The maximum Gasteiger partial charge on any atom is 0.224 e. The Kier molecular flexibility index (Phi) is 4.50. The quantitative estimate of drug-likeness (QED) is 0.800. The predicted octanol–water partition coefficient (Wildman–Crippen LogP) is 1.17. The summed E-state index contributed by atoms with van der Waals surface area (Å²) in [6.45, 7) is 4.52. The third-order valence-electron chi connectivity index (χ3n) is 3.00. The highest BCUT2D eigenvalue weighted by Gasteiger charge is 2.17. The first-order chi connectivity index (χ1) is 7.60. The number of carbonyl (C=O) groups is 1. The number of benzene rings is 1. The molecule has 0 bridgehead atoms. The highest BCUT2D eigenvalue weighted by molar-refractivity contribution is 5.79. The molecular formula is C13H20N2O. The van der Waals surface area contributed by atoms with Crippen LogP contribution in [0.25, 0.3) is 0 Å². The fraction of sp³-hybridized carbons (Fsp3) is 0.462. The van der Waals surface area contributed by atoms with Gasteiger partial charge in [-0.25, -0.2) is 0 Å². The highest BCUT2D eigenvalue weighted by Crippen LogP contribution is 2.17. The average Bonchev–Trinajstić information content (AvgIpc) is 2.28. The normalized spacial score (nSPS) is 12.2. The largest absolute Gasteiger partial charge is 0.359 e. The summed E-state index contributed by atoms with van der Waals surface area (Å²) in [5.74, 6) is -0.116. The summed E-state index contributed by atoms with van der Waals surface area (Å²) in [6.07, 6.45) is 0.717. The van der Waals surface area contributed by atoms with Crippen molar-refractivity contribution < 1.29 is 4.79 Å². The van der Waals surface area contributed by atoms with Crippen molar-refractivity contribution in [1.82, 2.24) is 5.32 Å². The SMILES string of the molecule is CNC(=O)C(CN)Cc1c(C)cccc1C. The number of hydrogen-bond acceptors (Lipinski definition) is 2. The molecule has 0 saturated heterocycles. The van der Waals surface area contributed by atoms with Crippen molar-refractivity contribution in [3.8, 4) is 0 Å². The van der Waals surface area contributed by atoms with Crippen LogP contribution in [0.15, 0.2) is 18.2 Å². The van der Waals surface area contributed by atoms with Crippen molar-refractivity contribution in [1.29, 1.82) is 0 Å². The van der Waals surface area contributed by atoms with Crippen LogP contribution >= 0.6 is 0 Å². The van der Waals surface area contributed by atoms with Crippen LogP contribution in [0.5, 0.6) is 0 Å². The number of nitrogens with one attached hydrogen (secondary N) is 1. The molecule has 0 radical (unpaired) electrons. The van der Waals surface area contributed by atoms with Crippen LogP contribution in [0.3, 0.4) is 0 Å². The third-order valence-corrected chi connectivity index (χ3v) is 3.00. The first-order valence-electron chi connectivity index (χ1n) is 5.57. The molecule has 16 heavy (non-hydrogen) atoms. The van der Waals surface area contributed by atoms with Crippen LogP contribution in [0.1, 0.15) is 16.7 Å². The monoisotopic (exact) mass is 220 g/mol. The molecule has 0 aromatic heterocycles. The van der Waals surface area contributed by atoms with Crippen LogP contribution in [0.2, 0.25) is 0 Å². The number of nitrogens with two attached hydrogens (primary N) is 1. The molecule has 1 atom stereocenters. The molecule has 0 fully saturated rings. The van der Waals surface area contributed by atoms with Gasteiger partial charge in [0.15, 0.2) is 0 Å². The smallest absolute Gasteiger partial charge is 0.224 e. The predicted molar refractivity (Wildman–Crippen MR) is 66.2 cm³/mol. The van der Waals surface area contributed by atoms with Gasteiger partial charge >= 0.3 is 0 Å². The second-order valence-corrected chi connectivity index (χ2v) is 4.12. The number of rotatable bonds is 4. The Labute approximate surface area is 97.0 Å². The van der Waals surface area contributed by atoms with Crippen molar-refractivity contribution >= 4 is 5.91 Å². The zero-order chi connectivity index (χ0) is 12.1. The average molecular weight is 220 g/mol. The Balaban J connectivity index is 2.90. The molecule has 0 aliphatic carbocycles. The second-order valence-electron chi connectivity index (χ2n) is 4.12. The maximum absolute atomic E-state index is 11.6. The molecule has 3 N–H and O–H groups in total. The van der Waals surface area contributed by atoms with Gasteiger partial charge in [-0.3, -0.25) is 4.79 Å². The van der Waals surface area contributed by atoms with Crippen molar-refractivity contribution in [3.63, 3.8) is 0 Å². The van der Waals surface area contributed by atoms with Gasteiger partial charge in [-0.1, -0.05) is 18.2 Å². The van der Waals surface area contributed by atoms with Crippen molar-refractivity contribution in [2.45, 2.75) is 20.3 Å². The van der Waals surface area contributed by atoms with Gasteiger partial charge in [0.2, 0.25) is 5.91 Å². The van der Waals surface area contributed by atoms with E-state index in [1.165, 1.54) is 16.7 Å². The van der Waals surface area contributed by atoms with E-state index in [2.05, 4.69) is 31.3 Å². The number of carbonyl (C=O) groups excluding carboxylic acids is 1. The molecule has 1 rings (SSSR count). The molecule has 0 heterocycles. The standard InChI is InChI=1S/C13H20N2O/c1-9-5-4-6-10(2)12(9)7-11(8-14)13(16)15-3/h4-6,11H,7-8,14H2,1-3H3,(H,15,16). The topological polar surface area (TPSA) is 55.1 Å². The fourth-order valence-corrected chi connectivity index (χ4v) is 1.90. The molecule has 0 aliphatic rings. The van der Waals surface area contributed by atoms with Gasteiger partial charge in [0, 0.05) is 13.6 Å². The van der Waals surface area contributed by atoms with Gasteiger partial charge in [0.1, 0.15) is 0 Å². The lowest BCUT2D eigenvalue weighted by Gasteiger charge is -2.16. The van der Waals surface area contributed by atoms with E-state index >= 15 is 0 Å². The van der Waals surface area contributed by atoms with Gasteiger partial charge in [-0.05, 0) is 37.0 Å². The molecule has 0 aliphatic heterocycles. The third kappa shape index (κ3) is 2.83. The van der Waals surface area contributed by atoms with E-state index in [4.69, 9.17) is 5.73 Å². The first kappa shape index (κ1) is 12.7. The zero-order valence-electron chi connectivity index (χ0n) is 10.2. The molecule has 0 spiro atoms. The lowest BCUT2D eigenvalue weighted by atomic mass is 9.92. The fourth-order valence-electron chi connectivity index (χ4n) is 1.90. The van der Waals surface area contributed by atoms with Gasteiger partial charge in [0.25, 0.3) is 0 Å². The Morgan fingerprint density at radius 3 is 2.38 bits per heavy atom. The van der Waals surface area contributed by atoms with Crippen molar-refractivity contribution in [3.05, 3.63) is 34.9 Å². The summed E-state index contributed by atoms with van der Waals surface area (Å²) in [5.41, 5.74) is 9.32. The van der Waals surface area contributed by atoms with Crippen LogP contribution in [-0.4, -0.2) is 19.5 Å². The minimum atomic E-state index is -0.134. The number of aryl methyl sites for hydroxylation is 2. The van der Waals surface area contributed by atoms with Gasteiger partial charge < -0.3 is 11.1 Å². The lowest BCUT2D eigenvalue weighted by molar-refractivity contribution is -0.124. The molecule has 3 heteroatoms. The van der Waals surface area contributed by atoms with E-state index in [9.17, 15) is 4.79 Å². The first-order valence-corrected chi connectivity index (χ1v) is 5.57. The minimum Gasteiger partial charge on any atom is -0.359 e. The van der Waals surface area contributed by atoms with E-state index < -0.39 is 0 Å². The molecule has 1 amide bonds. The molecule has 88 valence electrons. The Bertz CT molecular complexity index is 354. The van der Waals surface area contributed by atoms with Crippen molar-refractivity contribution in [2.24, 2.45) is 11.7 Å². The van der Waals surface area contributed by atoms with Gasteiger partial charge in [0.05, 0.1) is 5.92 Å². The summed E-state index contributed by atoms with van der Waals surface area (Å²) in [5, 5.41) is 2.66. The van der Waals surface area contributed by atoms with Crippen LogP contribution in [0.4, 0.5) is 0 Å². The summed E-state index contributed by atoms with van der Waals surface area (Å²) in [7, 11) is 1.65. The summed E-state index contributed by atoms with van der Waals surface area (Å²) in [4.78, 5) is 11.6. The lowest BCUT2D eigenvalue weighted by Crippen LogP contribution is -2.34. The molecule has 1 aromatic rings. The molecule has 0 saturated carbocycles. The van der Waals surface area contributed by atoms with E-state index in [1.807, 2.05) is 6.07 Å².